The normalized spacial score (nSPS) is 12.0. The molecule has 0 saturated heterocycles. The lowest BCUT2D eigenvalue weighted by Gasteiger charge is -2.13. The molecule has 0 spiro atoms. The maximum Gasteiger partial charge on any atom is 0.416 e. The maximum absolute atomic E-state index is 12.8. The number of nitrogens with zero attached hydrogens (tertiary/aromatic N) is 1. The fourth-order valence-corrected chi connectivity index (χ4v) is 2.49. The summed E-state index contributed by atoms with van der Waals surface area (Å²) in [5.41, 5.74) is 1.94. The van der Waals surface area contributed by atoms with Crippen molar-refractivity contribution < 1.29 is 17.9 Å². The Bertz CT molecular complexity index is 761. The van der Waals surface area contributed by atoms with Crippen LogP contribution in [-0.4, -0.2) is 33.3 Å². The molecule has 0 fully saturated rings. The van der Waals surface area contributed by atoms with Crippen molar-refractivity contribution >= 4 is 11.6 Å². The number of guanidine groups is 1. The minimum absolute atomic E-state index is 0.242. The maximum atomic E-state index is 12.8. The minimum atomic E-state index is -4.35. The van der Waals surface area contributed by atoms with Crippen LogP contribution in [0.4, 0.5) is 18.9 Å². The Labute approximate surface area is 163 Å². The van der Waals surface area contributed by atoms with Gasteiger partial charge in [-0.1, -0.05) is 24.3 Å². The van der Waals surface area contributed by atoms with Gasteiger partial charge in [-0.15, -0.1) is 0 Å². The number of alkyl halides is 3. The van der Waals surface area contributed by atoms with Gasteiger partial charge < -0.3 is 20.7 Å². The molecule has 0 amide bonds. The van der Waals surface area contributed by atoms with E-state index in [1.807, 2.05) is 24.3 Å². The number of aliphatic imine (C=N–C) groups is 1. The Morgan fingerprint density at radius 2 is 1.68 bits per heavy atom. The Kier molecular flexibility index (Phi) is 8.13. The molecule has 0 radical (unpaired) electrons. The summed E-state index contributed by atoms with van der Waals surface area (Å²) in [7, 11) is 3.27. The molecule has 5 nitrogen and oxygen atoms in total. The largest absolute Gasteiger partial charge is 0.416 e. The second kappa shape index (κ2) is 10.6. The average Bonchev–Trinajstić information content (AvgIpc) is 2.69. The van der Waals surface area contributed by atoms with Gasteiger partial charge in [0.1, 0.15) is 0 Å². The third-order valence-electron chi connectivity index (χ3n) is 3.99. The number of ether oxygens (including phenoxy) is 1. The van der Waals surface area contributed by atoms with Crippen molar-refractivity contribution in [1.82, 2.24) is 10.6 Å². The number of nitrogens with one attached hydrogen (secondary N) is 3. The fourth-order valence-electron chi connectivity index (χ4n) is 2.49. The van der Waals surface area contributed by atoms with Crippen molar-refractivity contribution in [2.24, 2.45) is 4.99 Å². The lowest BCUT2D eigenvalue weighted by Crippen LogP contribution is -2.36. The Balaban J connectivity index is 1.83. The highest BCUT2D eigenvalue weighted by Gasteiger charge is 2.30. The van der Waals surface area contributed by atoms with Gasteiger partial charge in [-0.05, 0) is 35.4 Å². The molecule has 0 unspecified atom stereocenters. The first-order valence-corrected chi connectivity index (χ1v) is 8.85. The standard InChI is InChI=1S/C20H25F3N4O/c1-24-19(27-14-16-4-3-5-17(12-16)20(21,22)23)26-13-15-6-8-18(9-7-15)25-10-11-28-2/h3-9,12,25H,10-11,13-14H2,1-2H3,(H2,24,26,27). The summed E-state index contributed by atoms with van der Waals surface area (Å²) in [5.74, 6) is 0.514. The predicted molar refractivity (Wildman–Crippen MR) is 105 cm³/mol. The molecule has 0 bridgehead atoms. The van der Waals surface area contributed by atoms with E-state index in [9.17, 15) is 13.2 Å². The monoisotopic (exact) mass is 394 g/mol. The first-order chi connectivity index (χ1) is 13.4. The van der Waals surface area contributed by atoms with E-state index < -0.39 is 11.7 Å². The second-order valence-corrected chi connectivity index (χ2v) is 6.09. The van der Waals surface area contributed by atoms with Gasteiger partial charge >= 0.3 is 6.18 Å². The zero-order chi connectivity index (χ0) is 20.4. The molecule has 0 heterocycles. The molecule has 0 aromatic heterocycles. The summed E-state index contributed by atoms with van der Waals surface area (Å²) < 4.78 is 43.4. The van der Waals surface area contributed by atoms with Gasteiger partial charge in [0.15, 0.2) is 5.96 Å². The van der Waals surface area contributed by atoms with Crippen LogP contribution < -0.4 is 16.0 Å². The van der Waals surface area contributed by atoms with Crippen LogP contribution in [0.5, 0.6) is 0 Å². The van der Waals surface area contributed by atoms with E-state index in [1.165, 1.54) is 6.07 Å². The molecule has 0 aliphatic rings. The highest BCUT2D eigenvalue weighted by atomic mass is 19.4. The van der Waals surface area contributed by atoms with E-state index in [2.05, 4.69) is 20.9 Å². The van der Waals surface area contributed by atoms with Gasteiger partial charge in [-0.3, -0.25) is 4.99 Å². The molecular weight excluding hydrogens is 369 g/mol. The van der Waals surface area contributed by atoms with Gasteiger partial charge in [0.05, 0.1) is 12.2 Å². The number of methoxy groups -OCH3 is 1. The van der Waals surface area contributed by atoms with Gasteiger partial charge in [-0.25, -0.2) is 0 Å². The second-order valence-electron chi connectivity index (χ2n) is 6.09. The van der Waals surface area contributed by atoms with E-state index in [4.69, 9.17) is 4.74 Å². The molecule has 2 rings (SSSR count). The molecule has 152 valence electrons. The SMILES string of the molecule is CN=C(NCc1ccc(NCCOC)cc1)NCc1cccc(C(F)(F)F)c1. The van der Waals surface area contributed by atoms with Crippen LogP contribution in [0.3, 0.4) is 0 Å². The summed E-state index contributed by atoms with van der Waals surface area (Å²) in [4.78, 5) is 4.10. The minimum Gasteiger partial charge on any atom is -0.383 e. The van der Waals surface area contributed by atoms with Crippen molar-refractivity contribution in [3.8, 4) is 0 Å². The average molecular weight is 394 g/mol. The number of benzene rings is 2. The number of rotatable bonds is 8. The Morgan fingerprint density at radius 1 is 1.00 bits per heavy atom. The predicted octanol–water partition coefficient (Wildman–Crippen LogP) is 3.63. The highest BCUT2D eigenvalue weighted by Crippen LogP contribution is 2.29. The third-order valence-corrected chi connectivity index (χ3v) is 3.99. The first-order valence-electron chi connectivity index (χ1n) is 8.85. The smallest absolute Gasteiger partial charge is 0.383 e. The van der Waals surface area contributed by atoms with Crippen LogP contribution in [-0.2, 0) is 24.0 Å². The summed E-state index contributed by atoms with van der Waals surface area (Å²) >= 11 is 0. The third kappa shape index (κ3) is 7.11. The Hall–Kier alpha value is -2.74. The topological polar surface area (TPSA) is 57.7 Å². The first kappa shape index (κ1) is 21.6. The van der Waals surface area contributed by atoms with Crippen LogP contribution >= 0.6 is 0 Å². The van der Waals surface area contributed by atoms with Gasteiger partial charge in [0.2, 0.25) is 0 Å². The molecule has 2 aromatic rings. The molecule has 0 aliphatic carbocycles. The van der Waals surface area contributed by atoms with Crippen LogP contribution in [0.25, 0.3) is 0 Å². The van der Waals surface area contributed by atoms with Gasteiger partial charge in [0, 0.05) is 39.5 Å². The molecule has 2 aromatic carbocycles. The lowest BCUT2D eigenvalue weighted by molar-refractivity contribution is -0.137. The van der Waals surface area contributed by atoms with Crippen LogP contribution in [0, 0.1) is 0 Å². The van der Waals surface area contributed by atoms with Gasteiger partial charge in [-0.2, -0.15) is 13.2 Å². The van der Waals surface area contributed by atoms with Crippen molar-refractivity contribution in [2.75, 3.05) is 32.6 Å². The quantitative estimate of drug-likeness (QED) is 0.364. The van der Waals surface area contributed by atoms with Crippen molar-refractivity contribution in [3.63, 3.8) is 0 Å². The summed E-state index contributed by atoms with van der Waals surface area (Å²) in [6.45, 7) is 2.16. The Morgan fingerprint density at radius 3 is 2.29 bits per heavy atom. The zero-order valence-electron chi connectivity index (χ0n) is 15.9. The number of halogens is 3. The van der Waals surface area contributed by atoms with E-state index >= 15 is 0 Å². The molecule has 8 heteroatoms. The molecule has 28 heavy (non-hydrogen) atoms. The summed E-state index contributed by atoms with van der Waals surface area (Å²) in [6.07, 6.45) is -4.35. The molecule has 0 aliphatic heterocycles. The van der Waals surface area contributed by atoms with Crippen molar-refractivity contribution in [2.45, 2.75) is 19.3 Å². The summed E-state index contributed by atoms with van der Waals surface area (Å²) in [6, 6.07) is 13.2. The van der Waals surface area contributed by atoms with E-state index in [-0.39, 0.29) is 6.54 Å². The van der Waals surface area contributed by atoms with Crippen molar-refractivity contribution in [1.29, 1.82) is 0 Å². The van der Waals surface area contributed by atoms with E-state index in [0.717, 1.165) is 29.9 Å². The highest BCUT2D eigenvalue weighted by molar-refractivity contribution is 5.79. The van der Waals surface area contributed by atoms with Gasteiger partial charge in [0.25, 0.3) is 0 Å². The summed E-state index contributed by atoms with van der Waals surface area (Å²) in [5, 5.41) is 9.42. The number of hydrogen-bond donors (Lipinski definition) is 3. The number of anilines is 1. The van der Waals surface area contributed by atoms with E-state index in [1.54, 1.807) is 20.2 Å². The van der Waals surface area contributed by atoms with E-state index in [0.29, 0.717) is 24.7 Å². The van der Waals surface area contributed by atoms with Crippen LogP contribution in [0.15, 0.2) is 53.5 Å². The molecule has 3 N–H and O–H groups in total. The lowest BCUT2D eigenvalue weighted by atomic mass is 10.1. The molecular formula is C20H25F3N4O. The molecule has 0 saturated carbocycles. The molecule has 0 atom stereocenters. The van der Waals surface area contributed by atoms with Crippen LogP contribution in [0.2, 0.25) is 0 Å². The fraction of sp³-hybridized carbons (Fsp3) is 0.350. The zero-order valence-corrected chi connectivity index (χ0v) is 15.9. The van der Waals surface area contributed by atoms with Crippen LogP contribution in [0.1, 0.15) is 16.7 Å². The van der Waals surface area contributed by atoms with Crippen molar-refractivity contribution in [3.05, 3.63) is 65.2 Å². The number of hydrogen-bond acceptors (Lipinski definition) is 3.